The van der Waals surface area contributed by atoms with Crippen molar-refractivity contribution in [1.82, 2.24) is 4.90 Å². The Labute approximate surface area is 113 Å². The maximum absolute atomic E-state index is 14.2. The molecular formula is C14H19FN2S. The first kappa shape index (κ1) is 13.4. The Morgan fingerprint density at radius 2 is 1.89 bits per heavy atom. The van der Waals surface area contributed by atoms with E-state index in [9.17, 15) is 4.39 Å². The van der Waals surface area contributed by atoms with Crippen molar-refractivity contribution < 1.29 is 4.39 Å². The van der Waals surface area contributed by atoms with Crippen LogP contribution in [0.1, 0.15) is 36.8 Å². The molecule has 0 atom stereocenters. The summed E-state index contributed by atoms with van der Waals surface area (Å²) in [6.07, 6.45) is 4.98. The second-order valence-electron chi connectivity index (χ2n) is 4.83. The Bertz CT molecular complexity index is 426. The molecule has 0 saturated carbocycles. The predicted molar refractivity (Wildman–Crippen MR) is 76.0 cm³/mol. The minimum absolute atomic E-state index is 0.130. The van der Waals surface area contributed by atoms with E-state index in [1.54, 1.807) is 6.07 Å². The first-order valence-electron chi connectivity index (χ1n) is 6.48. The quantitative estimate of drug-likeness (QED) is 0.853. The number of likely N-dealkylation sites (tertiary alicyclic amines) is 1. The zero-order chi connectivity index (χ0) is 13.0. The van der Waals surface area contributed by atoms with Gasteiger partial charge in [-0.15, -0.1) is 0 Å². The van der Waals surface area contributed by atoms with Crippen LogP contribution in [0.2, 0.25) is 0 Å². The van der Waals surface area contributed by atoms with Gasteiger partial charge in [-0.3, -0.25) is 4.90 Å². The molecule has 0 bridgehead atoms. The zero-order valence-corrected chi connectivity index (χ0v) is 11.3. The third kappa shape index (κ3) is 3.27. The van der Waals surface area contributed by atoms with Gasteiger partial charge in [-0.25, -0.2) is 4.39 Å². The number of nitrogens with two attached hydrogens (primary N) is 1. The molecule has 1 aromatic carbocycles. The van der Waals surface area contributed by atoms with Crippen LogP contribution in [0, 0.1) is 5.82 Å². The van der Waals surface area contributed by atoms with Crippen LogP contribution in [0.4, 0.5) is 4.39 Å². The molecule has 0 aromatic heterocycles. The second-order valence-corrected chi connectivity index (χ2v) is 5.27. The van der Waals surface area contributed by atoms with Crippen molar-refractivity contribution in [3.63, 3.8) is 0 Å². The Kier molecular flexibility index (Phi) is 4.66. The van der Waals surface area contributed by atoms with E-state index < -0.39 is 0 Å². The number of benzene rings is 1. The molecule has 1 aliphatic rings. The number of hydrogen-bond donors (Lipinski definition) is 1. The number of halogens is 1. The molecule has 18 heavy (non-hydrogen) atoms. The molecule has 1 heterocycles. The Morgan fingerprint density at radius 1 is 1.22 bits per heavy atom. The van der Waals surface area contributed by atoms with Gasteiger partial charge >= 0.3 is 0 Å². The fourth-order valence-corrected chi connectivity index (χ4v) is 2.59. The summed E-state index contributed by atoms with van der Waals surface area (Å²) in [5, 5.41) is 0. The topological polar surface area (TPSA) is 29.3 Å². The van der Waals surface area contributed by atoms with Gasteiger partial charge in [0.15, 0.2) is 0 Å². The van der Waals surface area contributed by atoms with Crippen molar-refractivity contribution in [3.8, 4) is 0 Å². The summed E-state index contributed by atoms with van der Waals surface area (Å²) in [6, 6.07) is 5.29. The highest BCUT2D eigenvalue weighted by Crippen LogP contribution is 2.17. The van der Waals surface area contributed by atoms with E-state index in [0.717, 1.165) is 13.1 Å². The molecule has 0 amide bonds. The average Bonchev–Trinajstić information content (AvgIpc) is 2.60. The summed E-state index contributed by atoms with van der Waals surface area (Å²) in [7, 11) is 0. The van der Waals surface area contributed by atoms with Gasteiger partial charge in [-0.2, -0.15) is 0 Å². The standard InChI is InChI=1S/C14H19FN2S/c15-13-11(6-5-7-12(13)14(16)18)10-17-8-3-1-2-4-9-17/h5-7H,1-4,8-10H2,(H2,16,18). The van der Waals surface area contributed by atoms with E-state index in [2.05, 4.69) is 4.90 Å². The van der Waals surface area contributed by atoms with Crippen molar-refractivity contribution in [2.75, 3.05) is 13.1 Å². The lowest BCUT2D eigenvalue weighted by Gasteiger charge is -2.20. The van der Waals surface area contributed by atoms with Gasteiger partial charge in [0.1, 0.15) is 10.8 Å². The number of hydrogen-bond acceptors (Lipinski definition) is 2. The summed E-state index contributed by atoms with van der Waals surface area (Å²) in [5.41, 5.74) is 6.57. The molecule has 0 spiro atoms. The molecular weight excluding hydrogens is 247 g/mol. The number of thiocarbonyl (C=S) groups is 1. The smallest absolute Gasteiger partial charge is 0.137 e. The van der Waals surface area contributed by atoms with E-state index in [4.69, 9.17) is 18.0 Å². The van der Waals surface area contributed by atoms with E-state index in [1.807, 2.05) is 12.1 Å². The van der Waals surface area contributed by atoms with Crippen molar-refractivity contribution >= 4 is 17.2 Å². The molecule has 1 aliphatic heterocycles. The van der Waals surface area contributed by atoms with Crippen molar-refractivity contribution in [3.05, 3.63) is 35.1 Å². The monoisotopic (exact) mass is 266 g/mol. The molecule has 98 valence electrons. The lowest BCUT2D eigenvalue weighted by Crippen LogP contribution is -2.25. The highest BCUT2D eigenvalue weighted by molar-refractivity contribution is 7.80. The van der Waals surface area contributed by atoms with Gasteiger partial charge in [-0.05, 0) is 32.0 Å². The van der Waals surface area contributed by atoms with Gasteiger partial charge in [0.25, 0.3) is 0 Å². The maximum Gasteiger partial charge on any atom is 0.137 e. The lowest BCUT2D eigenvalue weighted by atomic mass is 10.1. The average molecular weight is 266 g/mol. The Hall–Kier alpha value is -1.00. The maximum atomic E-state index is 14.2. The fourth-order valence-electron chi connectivity index (χ4n) is 2.43. The van der Waals surface area contributed by atoms with Crippen LogP contribution in [-0.4, -0.2) is 23.0 Å². The van der Waals surface area contributed by atoms with Crippen LogP contribution in [0.3, 0.4) is 0 Å². The Morgan fingerprint density at radius 3 is 2.50 bits per heavy atom. The molecule has 0 aliphatic carbocycles. The minimum Gasteiger partial charge on any atom is -0.389 e. The summed E-state index contributed by atoms with van der Waals surface area (Å²) < 4.78 is 14.2. The van der Waals surface area contributed by atoms with E-state index in [-0.39, 0.29) is 10.8 Å². The van der Waals surface area contributed by atoms with Crippen LogP contribution in [0.15, 0.2) is 18.2 Å². The third-order valence-corrected chi connectivity index (χ3v) is 3.66. The first-order valence-corrected chi connectivity index (χ1v) is 6.89. The zero-order valence-electron chi connectivity index (χ0n) is 10.5. The third-order valence-electron chi connectivity index (χ3n) is 3.44. The number of rotatable bonds is 3. The molecule has 1 aromatic rings. The highest BCUT2D eigenvalue weighted by atomic mass is 32.1. The predicted octanol–water partition coefficient (Wildman–Crippen LogP) is 2.84. The van der Waals surface area contributed by atoms with Gasteiger partial charge < -0.3 is 5.73 Å². The van der Waals surface area contributed by atoms with Crippen LogP contribution >= 0.6 is 12.2 Å². The van der Waals surface area contributed by atoms with Gasteiger partial charge in [0.05, 0.1) is 0 Å². The summed E-state index contributed by atoms with van der Waals surface area (Å²) in [4.78, 5) is 2.44. The molecule has 4 heteroatoms. The van der Waals surface area contributed by atoms with Crippen molar-refractivity contribution in [2.45, 2.75) is 32.2 Å². The molecule has 1 fully saturated rings. The van der Waals surface area contributed by atoms with Gasteiger partial charge in [0.2, 0.25) is 0 Å². The largest absolute Gasteiger partial charge is 0.389 e. The minimum atomic E-state index is -0.255. The first-order chi connectivity index (χ1) is 8.68. The van der Waals surface area contributed by atoms with E-state index >= 15 is 0 Å². The van der Waals surface area contributed by atoms with Gasteiger partial charge in [-0.1, -0.05) is 37.2 Å². The van der Waals surface area contributed by atoms with Crippen LogP contribution < -0.4 is 5.73 Å². The lowest BCUT2D eigenvalue weighted by molar-refractivity contribution is 0.273. The molecule has 0 unspecified atom stereocenters. The molecule has 0 radical (unpaired) electrons. The highest BCUT2D eigenvalue weighted by Gasteiger charge is 2.14. The summed E-state index contributed by atoms with van der Waals surface area (Å²) in [5.74, 6) is -0.255. The van der Waals surface area contributed by atoms with E-state index in [1.165, 1.54) is 25.7 Å². The summed E-state index contributed by atoms with van der Waals surface area (Å²) in [6.45, 7) is 2.76. The Balaban J connectivity index is 2.13. The normalized spacial score (nSPS) is 17.4. The van der Waals surface area contributed by atoms with Crippen LogP contribution in [-0.2, 0) is 6.54 Å². The van der Waals surface area contributed by atoms with Gasteiger partial charge in [0, 0.05) is 17.7 Å². The summed E-state index contributed by atoms with van der Waals surface area (Å²) >= 11 is 4.86. The molecule has 1 saturated heterocycles. The molecule has 2 nitrogen and oxygen atoms in total. The van der Waals surface area contributed by atoms with Crippen LogP contribution in [0.25, 0.3) is 0 Å². The fraction of sp³-hybridized carbons (Fsp3) is 0.500. The van der Waals surface area contributed by atoms with Crippen LogP contribution in [0.5, 0.6) is 0 Å². The molecule has 2 N–H and O–H groups in total. The molecule has 2 rings (SSSR count). The van der Waals surface area contributed by atoms with E-state index in [0.29, 0.717) is 17.7 Å². The number of nitrogens with zero attached hydrogens (tertiary/aromatic N) is 1. The van der Waals surface area contributed by atoms with Crippen molar-refractivity contribution in [2.24, 2.45) is 5.73 Å². The van der Waals surface area contributed by atoms with Crippen molar-refractivity contribution in [1.29, 1.82) is 0 Å². The second kappa shape index (κ2) is 6.25. The SMILES string of the molecule is NC(=S)c1cccc(CN2CCCCCC2)c1F.